The van der Waals surface area contributed by atoms with Crippen LogP contribution in [0.2, 0.25) is 13.1 Å². The second-order valence-electron chi connectivity index (χ2n) is 20.9. The summed E-state index contributed by atoms with van der Waals surface area (Å²) < 4.78 is 0. The van der Waals surface area contributed by atoms with Crippen molar-refractivity contribution in [3.8, 4) is 33.4 Å². The molecule has 69 heavy (non-hydrogen) atoms. The first kappa shape index (κ1) is 39.2. The van der Waals surface area contributed by atoms with Gasteiger partial charge in [0.05, 0.1) is 5.41 Å². The van der Waals surface area contributed by atoms with E-state index >= 15 is 0 Å². The lowest BCUT2D eigenvalue weighted by molar-refractivity contribution is 0.448. The summed E-state index contributed by atoms with van der Waals surface area (Å²) in [6.45, 7) is 7.71. The van der Waals surface area contributed by atoms with Gasteiger partial charge in [0.25, 0.3) is 0 Å². The molecule has 0 saturated heterocycles. The Labute approximate surface area is 405 Å². The van der Waals surface area contributed by atoms with Crippen molar-refractivity contribution in [2.24, 2.45) is 5.41 Å². The Balaban J connectivity index is 1.01. The maximum absolute atomic E-state index is 2.77. The zero-order chi connectivity index (χ0) is 45.8. The molecule has 0 bridgehead atoms. The van der Waals surface area contributed by atoms with E-state index in [9.17, 15) is 0 Å². The van der Waals surface area contributed by atoms with E-state index in [0.29, 0.717) is 0 Å². The number of allylic oxidation sites excluding steroid dienone is 5. The van der Waals surface area contributed by atoms with E-state index in [1.165, 1.54) is 122 Å². The monoisotopic (exact) mass is 892 g/mol. The number of benzene rings is 10. The van der Waals surface area contributed by atoms with Crippen molar-refractivity contribution in [1.82, 2.24) is 0 Å². The molecule has 0 radical (unpaired) electrons. The summed E-state index contributed by atoms with van der Waals surface area (Å²) >= 11 is 0. The highest BCUT2D eigenvalue weighted by atomic mass is 28.3. The summed E-state index contributed by atoms with van der Waals surface area (Å²) in [7, 11) is -2.05. The van der Waals surface area contributed by atoms with Gasteiger partial charge in [0.15, 0.2) is 0 Å². The number of fused-ring (bicyclic) bond motifs is 17. The second-order valence-corrected chi connectivity index (χ2v) is 25.2. The van der Waals surface area contributed by atoms with Crippen LogP contribution in [0.15, 0.2) is 241 Å². The molecule has 0 fully saturated rings. The topological polar surface area (TPSA) is 0 Å². The highest BCUT2D eigenvalue weighted by Crippen LogP contribution is 2.64. The fourth-order valence-electron chi connectivity index (χ4n) is 14.1. The molecule has 1 heterocycles. The smallest absolute Gasteiger partial charge is 0.0730 e. The van der Waals surface area contributed by atoms with E-state index < -0.39 is 13.5 Å². The van der Waals surface area contributed by atoms with Gasteiger partial charge in [0.2, 0.25) is 0 Å². The summed E-state index contributed by atoms with van der Waals surface area (Å²) in [5, 5.41) is 8.20. The minimum atomic E-state index is -2.05. The molecule has 15 rings (SSSR count). The standard InChI is InChI=1S/C68H48Si/c1-67-41-64-56(54-23-11-15-27-63(54)69(64,2)3)40-62(67)65(48-30-28-42-16-4-6-18-44(42)36-48)55-35-33-46(38-57(55)66(67)49-31-29-43-17-5-7-19-45(43)37-49)47-32-34-53-52-22-10-14-26-60(52)68(61(53)39-47)58-24-12-8-20-50(58)51-21-9-13-25-59(51)68/h4-41,66H,1-3H3. The molecule has 10 aromatic carbocycles. The summed E-state index contributed by atoms with van der Waals surface area (Å²) in [4.78, 5) is 0. The lowest BCUT2D eigenvalue weighted by atomic mass is 9.57. The fourth-order valence-corrected chi connectivity index (χ4v) is 17.3. The number of hydrogen-bond donors (Lipinski definition) is 0. The molecule has 1 heteroatoms. The van der Waals surface area contributed by atoms with Gasteiger partial charge in [-0.3, -0.25) is 0 Å². The minimum absolute atomic E-state index is 0.0497. The quantitative estimate of drug-likeness (QED) is 0.155. The molecule has 2 unspecified atom stereocenters. The van der Waals surface area contributed by atoms with Gasteiger partial charge in [-0.2, -0.15) is 0 Å². The molecule has 324 valence electrons. The van der Waals surface area contributed by atoms with Gasteiger partial charge in [-0.15, -0.1) is 0 Å². The van der Waals surface area contributed by atoms with Gasteiger partial charge in [-0.25, -0.2) is 0 Å². The van der Waals surface area contributed by atoms with Crippen molar-refractivity contribution in [2.45, 2.75) is 31.4 Å². The van der Waals surface area contributed by atoms with Crippen molar-refractivity contribution < 1.29 is 0 Å². The van der Waals surface area contributed by atoms with E-state index in [0.717, 1.165) is 0 Å². The molecule has 10 aromatic rings. The molecule has 1 aliphatic heterocycles. The minimum Gasteiger partial charge on any atom is -0.0730 e. The van der Waals surface area contributed by atoms with Gasteiger partial charge in [-0.05, 0) is 156 Å². The van der Waals surface area contributed by atoms with E-state index in [1.54, 1.807) is 10.4 Å². The van der Waals surface area contributed by atoms with Crippen molar-refractivity contribution in [1.29, 1.82) is 0 Å². The van der Waals surface area contributed by atoms with Crippen LogP contribution in [-0.4, -0.2) is 8.07 Å². The summed E-state index contributed by atoms with van der Waals surface area (Å²) in [5.74, 6) is 0.0497. The van der Waals surface area contributed by atoms with Crippen LogP contribution in [0.1, 0.15) is 62.9 Å². The third kappa shape index (κ3) is 5.13. The van der Waals surface area contributed by atoms with Gasteiger partial charge >= 0.3 is 0 Å². The molecule has 1 spiro atoms. The van der Waals surface area contributed by atoms with Crippen LogP contribution in [0, 0.1) is 5.41 Å². The molecule has 5 aliphatic rings. The lowest BCUT2D eigenvalue weighted by Crippen LogP contribution is -2.42. The highest BCUT2D eigenvalue weighted by Gasteiger charge is 2.53. The average Bonchev–Trinajstić information content (AvgIpc) is 3.94. The zero-order valence-corrected chi connectivity index (χ0v) is 40.0. The normalized spacial score (nSPS) is 19.2. The van der Waals surface area contributed by atoms with Gasteiger partial charge < -0.3 is 0 Å². The van der Waals surface area contributed by atoms with Crippen LogP contribution in [0.5, 0.6) is 0 Å². The molecule has 0 nitrogen and oxygen atoms in total. The van der Waals surface area contributed by atoms with Crippen LogP contribution in [0.3, 0.4) is 0 Å². The van der Waals surface area contributed by atoms with Crippen LogP contribution in [0.4, 0.5) is 0 Å². The lowest BCUT2D eigenvalue weighted by Gasteiger charge is -2.47. The van der Waals surface area contributed by atoms with E-state index in [1.807, 2.05) is 0 Å². The Kier molecular flexibility index (Phi) is 7.88. The molecular formula is C68H48Si. The maximum Gasteiger partial charge on any atom is 0.113 e. The third-order valence-electron chi connectivity index (χ3n) is 17.1. The predicted octanol–water partition coefficient (Wildman–Crippen LogP) is 16.4. The number of rotatable bonds is 3. The van der Waals surface area contributed by atoms with Gasteiger partial charge in [0.1, 0.15) is 8.07 Å². The SMILES string of the molecule is CC12C=C3C(=CC1=C(c1ccc4ccccc4c1)c1ccc(-c4ccc5c(c4)C4(c6ccccc6-c6ccccc64)c4ccccc4-5)cc1C2c1ccc2ccccc2c1)c1ccccc1[Si]3(C)C. The third-order valence-corrected chi connectivity index (χ3v) is 20.7. The van der Waals surface area contributed by atoms with Crippen molar-refractivity contribution >= 4 is 46.0 Å². The average molecular weight is 893 g/mol. The largest absolute Gasteiger partial charge is 0.113 e. The van der Waals surface area contributed by atoms with E-state index in [2.05, 4.69) is 251 Å². The van der Waals surface area contributed by atoms with Crippen LogP contribution < -0.4 is 5.19 Å². The molecule has 0 aromatic heterocycles. The maximum atomic E-state index is 2.77. The predicted molar refractivity (Wildman–Crippen MR) is 292 cm³/mol. The van der Waals surface area contributed by atoms with E-state index in [-0.39, 0.29) is 11.3 Å². The van der Waals surface area contributed by atoms with Crippen molar-refractivity contribution in [3.05, 3.63) is 291 Å². The molecular weight excluding hydrogens is 845 g/mol. The second kappa shape index (κ2) is 13.9. The fraction of sp³-hybridized carbons (Fsp3) is 0.0882. The zero-order valence-electron chi connectivity index (χ0n) is 39.0. The van der Waals surface area contributed by atoms with E-state index in [4.69, 9.17) is 0 Å². The van der Waals surface area contributed by atoms with Crippen LogP contribution in [-0.2, 0) is 5.41 Å². The Bertz CT molecular complexity index is 3960. The summed E-state index contributed by atoms with van der Waals surface area (Å²) in [6.07, 6.45) is 5.41. The highest BCUT2D eigenvalue weighted by molar-refractivity contribution is 7.00. The first-order chi connectivity index (χ1) is 33.8. The van der Waals surface area contributed by atoms with Crippen LogP contribution >= 0.6 is 0 Å². The van der Waals surface area contributed by atoms with Crippen molar-refractivity contribution in [2.75, 3.05) is 0 Å². The molecule has 2 atom stereocenters. The number of hydrogen-bond acceptors (Lipinski definition) is 0. The molecule has 0 N–H and O–H groups in total. The Morgan fingerprint density at radius 2 is 0.913 bits per heavy atom. The Morgan fingerprint density at radius 3 is 1.58 bits per heavy atom. The van der Waals surface area contributed by atoms with Gasteiger partial charge in [-0.1, -0.05) is 226 Å². The van der Waals surface area contributed by atoms with Crippen molar-refractivity contribution in [3.63, 3.8) is 0 Å². The molecule has 0 amide bonds. The Hall–Kier alpha value is -7.84. The first-order valence-electron chi connectivity index (χ1n) is 24.7. The molecule has 0 saturated carbocycles. The summed E-state index contributed by atoms with van der Waals surface area (Å²) in [5.41, 5.74) is 23.5. The Morgan fingerprint density at radius 1 is 0.406 bits per heavy atom. The molecule has 4 aliphatic carbocycles. The first-order valence-corrected chi connectivity index (χ1v) is 27.7. The van der Waals surface area contributed by atoms with Gasteiger partial charge in [0, 0.05) is 11.3 Å². The van der Waals surface area contributed by atoms with Crippen LogP contribution in [0.25, 0.3) is 66.1 Å². The summed E-state index contributed by atoms with van der Waals surface area (Å²) in [6, 6.07) is 83.7.